The predicted octanol–water partition coefficient (Wildman–Crippen LogP) is 2.59. The Morgan fingerprint density at radius 3 is 2.39 bits per heavy atom. The Bertz CT molecular complexity index is 718. The molecule has 1 aliphatic heterocycles. The second-order valence-corrected chi connectivity index (χ2v) is 5.70. The molecule has 0 radical (unpaired) electrons. The van der Waals surface area contributed by atoms with Crippen LogP contribution in [0.2, 0.25) is 0 Å². The van der Waals surface area contributed by atoms with Crippen molar-refractivity contribution in [2.75, 3.05) is 13.1 Å². The summed E-state index contributed by atoms with van der Waals surface area (Å²) in [6.45, 7) is 0.633. The highest BCUT2D eigenvalue weighted by molar-refractivity contribution is 5.84. The van der Waals surface area contributed by atoms with Gasteiger partial charge >= 0.3 is 0 Å². The van der Waals surface area contributed by atoms with Crippen LogP contribution in [0.25, 0.3) is 0 Å². The number of hydrogen-bond donors (Lipinski definition) is 1. The SMILES string of the molecule is NC[C@H](C(=O)N1CCc2c(F)ccc(F)c2C1)c1ccccc1. The zero-order valence-electron chi connectivity index (χ0n) is 12.6. The van der Waals surface area contributed by atoms with Gasteiger partial charge < -0.3 is 10.6 Å². The van der Waals surface area contributed by atoms with Crippen LogP contribution in [0.1, 0.15) is 22.6 Å². The van der Waals surface area contributed by atoms with Crippen LogP contribution < -0.4 is 5.73 Å². The van der Waals surface area contributed by atoms with Crippen molar-refractivity contribution in [3.8, 4) is 0 Å². The third-order valence-corrected chi connectivity index (χ3v) is 4.34. The Kier molecular flexibility index (Phi) is 4.39. The molecule has 2 aromatic rings. The van der Waals surface area contributed by atoms with Crippen LogP contribution >= 0.6 is 0 Å². The minimum absolute atomic E-state index is 0.0844. The molecule has 0 spiro atoms. The maximum absolute atomic E-state index is 14.0. The van der Waals surface area contributed by atoms with Crippen LogP contribution in [0, 0.1) is 11.6 Å². The quantitative estimate of drug-likeness (QED) is 0.946. The van der Waals surface area contributed by atoms with E-state index in [0.717, 1.165) is 17.7 Å². The second-order valence-electron chi connectivity index (χ2n) is 5.70. The van der Waals surface area contributed by atoms with E-state index in [2.05, 4.69) is 0 Å². The molecule has 23 heavy (non-hydrogen) atoms. The number of carbonyl (C=O) groups excluding carboxylic acids is 1. The van der Waals surface area contributed by atoms with Crippen molar-refractivity contribution in [2.24, 2.45) is 5.73 Å². The summed E-state index contributed by atoms with van der Waals surface area (Å²) >= 11 is 0. The molecule has 3 rings (SSSR count). The lowest BCUT2D eigenvalue weighted by Crippen LogP contribution is -2.41. The van der Waals surface area contributed by atoms with Gasteiger partial charge in [0.15, 0.2) is 0 Å². The van der Waals surface area contributed by atoms with Gasteiger partial charge in [0.2, 0.25) is 5.91 Å². The van der Waals surface area contributed by atoms with E-state index < -0.39 is 17.6 Å². The van der Waals surface area contributed by atoms with Gasteiger partial charge in [-0.1, -0.05) is 30.3 Å². The van der Waals surface area contributed by atoms with E-state index in [0.29, 0.717) is 18.5 Å². The fraction of sp³-hybridized carbons (Fsp3) is 0.278. The first kappa shape index (κ1) is 15.6. The molecule has 0 bridgehead atoms. The normalized spacial score (nSPS) is 15.2. The Balaban J connectivity index is 1.85. The van der Waals surface area contributed by atoms with E-state index in [4.69, 9.17) is 5.73 Å². The Hall–Kier alpha value is -2.27. The standard InChI is InChI=1S/C18H18F2N2O/c19-16-6-7-17(20)15-11-22(9-8-13(15)16)18(23)14(10-21)12-4-2-1-3-5-12/h1-7,14H,8-11,21H2/t14-/m0/s1. The molecular formula is C18H18F2N2O. The van der Waals surface area contributed by atoms with Crippen LogP contribution in [0.5, 0.6) is 0 Å². The van der Waals surface area contributed by atoms with Crippen LogP contribution in [0.3, 0.4) is 0 Å². The number of benzene rings is 2. The molecule has 1 atom stereocenters. The van der Waals surface area contributed by atoms with E-state index in [-0.39, 0.29) is 24.6 Å². The molecule has 120 valence electrons. The number of hydrogen-bond acceptors (Lipinski definition) is 2. The number of carbonyl (C=O) groups is 1. The lowest BCUT2D eigenvalue weighted by atomic mass is 9.94. The van der Waals surface area contributed by atoms with Gasteiger partial charge in [0.1, 0.15) is 11.6 Å². The van der Waals surface area contributed by atoms with Crippen molar-refractivity contribution in [2.45, 2.75) is 18.9 Å². The number of halogens is 2. The van der Waals surface area contributed by atoms with Crippen LogP contribution in [0.4, 0.5) is 8.78 Å². The van der Waals surface area contributed by atoms with Crippen LogP contribution in [0.15, 0.2) is 42.5 Å². The molecule has 1 aliphatic rings. The highest BCUT2D eigenvalue weighted by Gasteiger charge is 2.29. The first-order valence-corrected chi connectivity index (χ1v) is 7.61. The smallest absolute Gasteiger partial charge is 0.231 e. The third-order valence-electron chi connectivity index (χ3n) is 4.34. The third kappa shape index (κ3) is 2.97. The average Bonchev–Trinajstić information content (AvgIpc) is 2.59. The van der Waals surface area contributed by atoms with Gasteiger partial charge in [0.05, 0.1) is 5.92 Å². The molecule has 2 aromatic carbocycles. The summed E-state index contributed by atoms with van der Waals surface area (Å²) in [5, 5.41) is 0. The number of nitrogens with zero attached hydrogens (tertiary/aromatic N) is 1. The van der Waals surface area contributed by atoms with Gasteiger partial charge in [-0.25, -0.2) is 8.78 Å². The lowest BCUT2D eigenvalue weighted by molar-refractivity contribution is -0.133. The molecule has 2 N–H and O–H groups in total. The Morgan fingerprint density at radius 1 is 1.09 bits per heavy atom. The Labute approximate surface area is 133 Å². The molecule has 1 heterocycles. The fourth-order valence-electron chi connectivity index (χ4n) is 3.07. The average molecular weight is 316 g/mol. The fourth-order valence-corrected chi connectivity index (χ4v) is 3.07. The van der Waals surface area contributed by atoms with E-state index in [9.17, 15) is 13.6 Å². The summed E-state index contributed by atoms with van der Waals surface area (Å²) in [6.07, 6.45) is 0.316. The second kappa shape index (κ2) is 6.46. The van der Waals surface area contributed by atoms with E-state index in [1.54, 1.807) is 4.90 Å². The van der Waals surface area contributed by atoms with E-state index in [1.807, 2.05) is 30.3 Å². The van der Waals surface area contributed by atoms with Gasteiger partial charge in [0, 0.05) is 25.2 Å². The monoisotopic (exact) mass is 316 g/mol. The molecular weight excluding hydrogens is 298 g/mol. The number of nitrogens with two attached hydrogens (primary N) is 1. The van der Waals surface area contributed by atoms with Crippen LogP contribution in [-0.2, 0) is 17.8 Å². The first-order valence-electron chi connectivity index (χ1n) is 7.61. The Morgan fingerprint density at radius 2 is 1.74 bits per heavy atom. The number of amides is 1. The van der Waals surface area contributed by atoms with Crippen molar-refractivity contribution < 1.29 is 13.6 Å². The van der Waals surface area contributed by atoms with Gasteiger partial charge in [-0.3, -0.25) is 4.79 Å². The van der Waals surface area contributed by atoms with Gasteiger partial charge in [0.25, 0.3) is 0 Å². The van der Waals surface area contributed by atoms with E-state index in [1.165, 1.54) is 0 Å². The van der Waals surface area contributed by atoms with Crippen molar-refractivity contribution in [3.05, 3.63) is 70.8 Å². The molecule has 3 nitrogen and oxygen atoms in total. The van der Waals surface area contributed by atoms with Crippen molar-refractivity contribution >= 4 is 5.91 Å². The minimum Gasteiger partial charge on any atom is -0.337 e. The van der Waals surface area contributed by atoms with Crippen molar-refractivity contribution in [1.82, 2.24) is 4.90 Å². The van der Waals surface area contributed by atoms with Crippen LogP contribution in [-0.4, -0.2) is 23.9 Å². The van der Waals surface area contributed by atoms with Gasteiger partial charge in [-0.15, -0.1) is 0 Å². The molecule has 0 saturated carbocycles. The summed E-state index contributed by atoms with van der Waals surface area (Å²) in [7, 11) is 0. The van der Waals surface area contributed by atoms with Crippen molar-refractivity contribution in [1.29, 1.82) is 0 Å². The number of fused-ring (bicyclic) bond motifs is 1. The summed E-state index contributed by atoms with van der Waals surface area (Å²) in [5.74, 6) is -1.49. The zero-order valence-corrected chi connectivity index (χ0v) is 12.6. The van der Waals surface area contributed by atoms with Gasteiger partial charge in [-0.05, 0) is 29.7 Å². The molecule has 5 heteroatoms. The largest absolute Gasteiger partial charge is 0.337 e. The molecule has 0 aliphatic carbocycles. The molecule has 0 fully saturated rings. The maximum atomic E-state index is 14.0. The minimum atomic E-state index is -0.470. The first-order chi connectivity index (χ1) is 11.1. The topological polar surface area (TPSA) is 46.3 Å². The summed E-state index contributed by atoms with van der Waals surface area (Å²) < 4.78 is 27.7. The summed E-state index contributed by atoms with van der Waals surface area (Å²) in [4.78, 5) is 14.3. The predicted molar refractivity (Wildman–Crippen MR) is 83.7 cm³/mol. The lowest BCUT2D eigenvalue weighted by Gasteiger charge is -2.32. The molecule has 0 saturated heterocycles. The molecule has 1 amide bonds. The summed E-state index contributed by atoms with van der Waals surface area (Å²) in [5.41, 5.74) is 7.26. The molecule has 0 unspecified atom stereocenters. The summed E-state index contributed by atoms with van der Waals surface area (Å²) in [6, 6.07) is 11.5. The van der Waals surface area contributed by atoms with E-state index >= 15 is 0 Å². The highest BCUT2D eigenvalue weighted by Crippen LogP contribution is 2.27. The molecule has 0 aromatic heterocycles. The highest BCUT2D eigenvalue weighted by atomic mass is 19.1. The zero-order chi connectivity index (χ0) is 16.4. The van der Waals surface area contributed by atoms with Crippen molar-refractivity contribution in [3.63, 3.8) is 0 Å². The van der Waals surface area contributed by atoms with Gasteiger partial charge in [-0.2, -0.15) is 0 Å². The maximum Gasteiger partial charge on any atom is 0.231 e. The number of rotatable bonds is 3.